The van der Waals surface area contributed by atoms with E-state index in [1.165, 1.54) is 24.3 Å². The lowest BCUT2D eigenvalue weighted by Gasteiger charge is -2.16. The van der Waals surface area contributed by atoms with E-state index in [4.69, 9.17) is 5.73 Å². The topological polar surface area (TPSA) is 110 Å². The van der Waals surface area contributed by atoms with E-state index in [-0.39, 0.29) is 23.8 Å². The zero-order valence-corrected chi connectivity index (χ0v) is 19.1. The van der Waals surface area contributed by atoms with Gasteiger partial charge in [-0.2, -0.15) is 0 Å². The third-order valence-corrected chi connectivity index (χ3v) is 5.36. The molecule has 0 radical (unpaired) electrons. The third kappa shape index (κ3) is 6.20. The molecule has 0 fully saturated rings. The molecule has 7 nitrogen and oxygen atoms in total. The molecule has 1 unspecified atom stereocenters. The highest BCUT2D eigenvalue weighted by Crippen LogP contribution is 2.27. The number of nitrogen functional groups attached to an aromatic ring is 1. The molecule has 0 bridgehead atoms. The van der Waals surface area contributed by atoms with Crippen LogP contribution in [0.4, 0.5) is 14.6 Å². The predicted octanol–water partition coefficient (Wildman–Crippen LogP) is 3.52. The van der Waals surface area contributed by atoms with Gasteiger partial charge in [0.25, 0.3) is 5.91 Å². The fraction of sp³-hybridized carbons (Fsp3) is 0.280. The number of aromatic nitrogens is 2. The van der Waals surface area contributed by atoms with Gasteiger partial charge < -0.3 is 21.2 Å². The molecule has 1 amide bonds. The Morgan fingerprint density at radius 2 is 2.00 bits per heavy atom. The average molecular weight is 468 g/mol. The van der Waals surface area contributed by atoms with E-state index >= 15 is 0 Å². The minimum Gasteiger partial charge on any atom is -0.382 e. The number of carbonyl (C=O) groups excluding carboxylic acids is 2. The highest BCUT2D eigenvalue weighted by molar-refractivity contribution is 5.95. The first kappa shape index (κ1) is 24.9. The van der Waals surface area contributed by atoms with E-state index in [0.717, 1.165) is 11.8 Å². The number of benzene rings is 2. The summed E-state index contributed by atoms with van der Waals surface area (Å²) in [5, 5.41) is 5.67. The molecule has 1 aromatic heterocycles. The molecule has 4 N–H and O–H groups in total. The zero-order chi connectivity index (χ0) is 24.7. The normalized spacial score (nSPS) is 11.8. The molecule has 9 heteroatoms. The smallest absolute Gasteiger partial charge is 0.254 e. The van der Waals surface area contributed by atoms with Gasteiger partial charge in [0.1, 0.15) is 29.4 Å². The van der Waals surface area contributed by atoms with Gasteiger partial charge in [-0.15, -0.1) is 0 Å². The highest BCUT2D eigenvalue weighted by atomic mass is 19.1. The van der Waals surface area contributed by atoms with E-state index < -0.39 is 17.5 Å². The van der Waals surface area contributed by atoms with Crippen LogP contribution in [-0.2, 0) is 11.3 Å². The number of aryl methyl sites for hydroxylation is 1. The molecule has 0 aliphatic heterocycles. The van der Waals surface area contributed by atoms with Crippen molar-refractivity contribution < 1.29 is 18.4 Å². The Kier molecular flexibility index (Phi) is 8.37. The van der Waals surface area contributed by atoms with Gasteiger partial charge in [-0.3, -0.25) is 4.79 Å². The number of aldehydes is 1. The van der Waals surface area contributed by atoms with Crippen LogP contribution in [0.25, 0.3) is 11.3 Å². The molecular formula is C25H27F2N5O2. The number of nitrogens with zero attached hydrogens (tertiary/aromatic N) is 2. The molecule has 0 saturated carbocycles. The Hall–Kier alpha value is -3.72. The van der Waals surface area contributed by atoms with Crippen LogP contribution in [0.2, 0.25) is 0 Å². The van der Waals surface area contributed by atoms with Gasteiger partial charge in [0, 0.05) is 31.0 Å². The molecule has 3 rings (SSSR count). The van der Waals surface area contributed by atoms with E-state index in [2.05, 4.69) is 20.6 Å². The minimum absolute atomic E-state index is 0.0622. The lowest BCUT2D eigenvalue weighted by atomic mass is 9.99. The molecule has 3 aromatic rings. The van der Waals surface area contributed by atoms with Crippen molar-refractivity contribution >= 4 is 18.0 Å². The van der Waals surface area contributed by atoms with E-state index in [1.54, 1.807) is 32.3 Å². The molecule has 0 saturated heterocycles. The summed E-state index contributed by atoms with van der Waals surface area (Å²) < 4.78 is 28.4. The Morgan fingerprint density at radius 1 is 1.21 bits per heavy atom. The Bertz CT molecular complexity index is 1170. The molecule has 0 spiro atoms. The predicted molar refractivity (Wildman–Crippen MR) is 126 cm³/mol. The second-order valence-electron chi connectivity index (χ2n) is 8.04. The molecule has 2 aromatic carbocycles. The van der Waals surface area contributed by atoms with Crippen molar-refractivity contribution in [3.8, 4) is 11.3 Å². The third-order valence-electron chi connectivity index (χ3n) is 5.36. The number of carbonyl (C=O) groups is 2. The number of likely N-dealkylation sites (N-methyl/N-ethyl adjacent to an activating group) is 1. The van der Waals surface area contributed by atoms with Crippen molar-refractivity contribution in [3.05, 3.63) is 76.6 Å². The molecule has 1 atom stereocenters. The summed E-state index contributed by atoms with van der Waals surface area (Å²) in [6.07, 6.45) is 3.36. The first-order chi connectivity index (χ1) is 16.3. The van der Waals surface area contributed by atoms with Gasteiger partial charge in [-0.1, -0.05) is 12.1 Å². The monoisotopic (exact) mass is 467 g/mol. The lowest BCUT2D eigenvalue weighted by Crippen LogP contribution is -2.24. The van der Waals surface area contributed by atoms with E-state index in [1.807, 2.05) is 0 Å². The van der Waals surface area contributed by atoms with Gasteiger partial charge >= 0.3 is 0 Å². The summed E-state index contributed by atoms with van der Waals surface area (Å²) in [4.78, 5) is 32.1. The standard InChI is InChI=1S/C25H27F2N5O2/c1-15-8-16(10-19(26)9-15)12-31-25(34)20-6-5-17(11-21(20)27)23-24(28)30-14-22(32-23)18(13-29-2)4-3-7-33/h5-11,14,18,29H,3-4,12-13H2,1-2H3,(H2,28,30)(H,31,34). The van der Waals surface area contributed by atoms with Crippen LogP contribution in [-0.4, -0.2) is 35.8 Å². The lowest BCUT2D eigenvalue weighted by molar-refractivity contribution is -0.108. The number of halogens is 2. The largest absolute Gasteiger partial charge is 0.382 e. The number of rotatable bonds is 10. The summed E-state index contributed by atoms with van der Waals surface area (Å²) in [5.41, 5.74) is 8.46. The summed E-state index contributed by atoms with van der Waals surface area (Å²) in [5.74, 6) is -1.71. The first-order valence-electron chi connectivity index (χ1n) is 10.9. The fourth-order valence-corrected chi connectivity index (χ4v) is 3.73. The van der Waals surface area contributed by atoms with Crippen molar-refractivity contribution in [2.24, 2.45) is 0 Å². The first-order valence-corrected chi connectivity index (χ1v) is 10.9. The molecule has 0 aliphatic carbocycles. The minimum atomic E-state index is -0.746. The van der Waals surface area contributed by atoms with Crippen molar-refractivity contribution in [1.82, 2.24) is 20.6 Å². The molecule has 0 aliphatic rings. The maximum Gasteiger partial charge on any atom is 0.254 e. The SMILES string of the molecule is CNCC(CCC=O)c1cnc(N)c(-c2ccc(C(=O)NCc3cc(C)cc(F)c3)c(F)c2)n1. The number of hydrogen-bond acceptors (Lipinski definition) is 6. The second kappa shape index (κ2) is 11.4. The quantitative estimate of drug-likeness (QED) is 0.394. The van der Waals surface area contributed by atoms with Crippen LogP contribution in [0.1, 0.15) is 45.9 Å². The Morgan fingerprint density at radius 3 is 2.68 bits per heavy atom. The van der Waals surface area contributed by atoms with Crippen LogP contribution >= 0.6 is 0 Å². The maximum absolute atomic E-state index is 14.9. The van der Waals surface area contributed by atoms with Gasteiger partial charge in [-0.25, -0.2) is 18.7 Å². The van der Waals surface area contributed by atoms with E-state index in [9.17, 15) is 18.4 Å². The highest BCUT2D eigenvalue weighted by Gasteiger charge is 2.18. The Labute approximate surface area is 196 Å². The fourth-order valence-electron chi connectivity index (χ4n) is 3.73. The number of nitrogens with two attached hydrogens (primary N) is 1. The maximum atomic E-state index is 14.9. The van der Waals surface area contributed by atoms with Crippen molar-refractivity contribution in [2.45, 2.75) is 32.2 Å². The molecule has 178 valence electrons. The number of anilines is 1. The van der Waals surface area contributed by atoms with E-state index in [0.29, 0.717) is 41.9 Å². The van der Waals surface area contributed by atoms with Gasteiger partial charge in [0.05, 0.1) is 17.5 Å². The summed E-state index contributed by atoms with van der Waals surface area (Å²) in [6.45, 7) is 2.40. The van der Waals surface area contributed by atoms with Crippen molar-refractivity contribution in [1.29, 1.82) is 0 Å². The van der Waals surface area contributed by atoms with Crippen LogP contribution in [0.5, 0.6) is 0 Å². The van der Waals surface area contributed by atoms with Gasteiger partial charge in [-0.05, 0) is 55.8 Å². The number of nitrogens with one attached hydrogen (secondary N) is 2. The number of amides is 1. The van der Waals surface area contributed by atoms with Crippen LogP contribution < -0.4 is 16.4 Å². The van der Waals surface area contributed by atoms with Gasteiger partial charge in [0.2, 0.25) is 0 Å². The summed E-state index contributed by atoms with van der Waals surface area (Å²) >= 11 is 0. The molecular weight excluding hydrogens is 440 g/mol. The Balaban J connectivity index is 1.81. The summed E-state index contributed by atoms with van der Waals surface area (Å²) in [6, 6.07) is 8.53. The van der Waals surface area contributed by atoms with Crippen LogP contribution in [0.15, 0.2) is 42.6 Å². The summed E-state index contributed by atoms with van der Waals surface area (Å²) in [7, 11) is 1.80. The number of hydrogen-bond donors (Lipinski definition) is 3. The molecule has 34 heavy (non-hydrogen) atoms. The van der Waals surface area contributed by atoms with Crippen LogP contribution in [0, 0.1) is 18.6 Å². The van der Waals surface area contributed by atoms with Crippen molar-refractivity contribution in [2.75, 3.05) is 19.3 Å². The zero-order valence-electron chi connectivity index (χ0n) is 19.1. The average Bonchev–Trinajstić information content (AvgIpc) is 2.80. The second-order valence-corrected chi connectivity index (χ2v) is 8.04. The van der Waals surface area contributed by atoms with Gasteiger partial charge in [0.15, 0.2) is 0 Å². The van der Waals surface area contributed by atoms with Crippen molar-refractivity contribution in [3.63, 3.8) is 0 Å². The molecule has 1 heterocycles. The van der Waals surface area contributed by atoms with Crippen LogP contribution in [0.3, 0.4) is 0 Å².